The third-order valence-electron chi connectivity index (χ3n) is 8.94. The smallest absolute Gasteiger partial charge is 0.410 e. The van der Waals surface area contributed by atoms with E-state index in [-0.39, 0.29) is 17.9 Å². The van der Waals surface area contributed by atoms with Crippen molar-refractivity contribution in [3.63, 3.8) is 0 Å². The molecule has 5 aromatic rings. The Hall–Kier alpha value is -5.36. The fourth-order valence-electron chi connectivity index (χ4n) is 6.32. The van der Waals surface area contributed by atoms with E-state index in [9.17, 15) is 9.59 Å². The van der Waals surface area contributed by atoms with E-state index in [0.29, 0.717) is 62.9 Å². The van der Waals surface area contributed by atoms with E-state index in [2.05, 4.69) is 32.2 Å². The lowest BCUT2D eigenvalue weighted by Crippen LogP contribution is -2.50. The summed E-state index contributed by atoms with van der Waals surface area (Å²) in [6.07, 6.45) is 3.68. The van der Waals surface area contributed by atoms with E-state index in [1.807, 2.05) is 93.3 Å². The number of amides is 2. The molecule has 2 aliphatic rings. The van der Waals surface area contributed by atoms with Crippen LogP contribution in [0.2, 0.25) is 0 Å². The van der Waals surface area contributed by atoms with E-state index in [0.717, 1.165) is 32.5 Å². The van der Waals surface area contributed by atoms with E-state index in [1.165, 1.54) is 5.56 Å². The molecule has 0 unspecified atom stereocenters. The molecule has 0 aliphatic carbocycles. The fourth-order valence-corrected chi connectivity index (χ4v) is 7.01. The molecule has 0 radical (unpaired) electrons. The molecule has 0 saturated carbocycles. The summed E-state index contributed by atoms with van der Waals surface area (Å²) in [6.45, 7) is 10.9. The van der Waals surface area contributed by atoms with Crippen LogP contribution in [0.4, 0.5) is 10.6 Å². The molecule has 2 fully saturated rings. The van der Waals surface area contributed by atoms with Gasteiger partial charge in [-0.3, -0.25) is 9.78 Å². The standard InChI is InChI=1S/C39H41N7O4S/c1-26-42-43-37(51-26)28-12-14-32(15-13-28)49-34-20-29(10-11-30(34)24-46-25-31(21-36(46)47)27-8-6-5-7-9-27)33-22-40-23-35(41-33)44-16-18-45(19-17-44)38(48)50-39(2,3)4/h5-15,20,22-23,31H,16-19,21,24-25H2,1-4H3/t31-/m1/s1. The molecule has 262 valence electrons. The summed E-state index contributed by atoms with van der Waals surface area (Å²) >= 11 is 1.54. The predicted octanol–water partition coefficient (Wildman–Crippen LogP) is 7.34. The molecule has 0 N–H and O–H groups in total. The third-order valence-corrected chi connectivity index (χ3v) is 9.83. The number of carbonyl (C=O) groups excluding carboxylic acids is 2. The van der Waals surface area contributed by atoms with Crippen LogP contribution in [0.3, 0.4) is 0 Å². The molecule has 1 atom stereocenters. The lowest BCUT2D eigenvalue weighted by molar-refractivity contribution is -0.128. The number of aromatic nitrogens is 4. The minimum atomic E-state index is -0.539. The Bertz CT molecular complexity index is 2000. The van der Waals surface area contributed by atoms with Crippen LogP contribution >= 0.6 is 11.3 Å². The quantitative estimate of drug-likeness (QED) is 0.164. The number of carbonyl (C=O) groups is 2. The molecule has 51 heavy (non-hydrogen) atoms. The normalized spacial score (nSPS) is 16.4. The van der Waals surface area contributed by atoms with E-state index in [4.69, 9.17) is 14.5 Å². The molecule has 11 nitrogen and oxygen atoms in total. The summed E-state index contributed by atoms with van der Waals surface area (Å²) in [5, 5.41) is 10.2. The summed E-state index contributed by atoms with van der Waals surface area (Å²) in [5.74, 6) is 2.32. The van der Waals surface area contributed by atoms with Gasteiger partial charge in [-0.2, -0.15) is 0 Å². The number of piperazine rings is 1. The molecule has 0 spiro atoms. The molecule has 2 aliphatic heterocycles. The maximum absolute atomic E-state index is 13.2. The third kappa shape index (κ3) is 8.18. The minimum Gasteiger partial charge on any atom is -0.457 e. The van der Waals surface area contributed by atoms with Gasteiger partial charge in [-0.15, -0.1) is 10.2 Å². The number of rotatable bonds is 8. The Balaban J connectivity index is 1.12. The van der Waals surface area contributed by atoms with Gasteiger partial charge in [0.05, 0.1) is 18.1 Å². The lowest BCUT2D eigenvalue weighted by atomic mass is 9.98. The van der Waals surface area contributed by atoms with Crippen LogP contribution in [0, 0.1) is 6.92 Å². The first-order valence-corrected chi connectivity index (χ1v) is 18.0. The van der Waals surface area contributed by atoms with Crippen molar-refractivity contribution < 1.29 is 19.1 Å². The zero-order valence-corrected chi connectivity index (χ0v) is 30.1. The van der Waals surface area contributed by atoms with Crippen LogP contribution in [-0.4, -0.2) is 80.3 Å². The highest BCUT2D eigenvalue weighted by Gasteiger charge is 2.31. The van der Waals surface area contributed by atoms with Crippen molar-refractivity contribution in [3.05, 3.63) is 101 Å². The molecule has 3 aromatic carbocycles. The maximum Gasteiger partial charge on any atom is 0.410 e. The molecule has 0 bridgehead atoms. The van der Waals surface area contributed by atoms with Gasteiger partial charge in [0.1, 0.15) is 32.9 Å². The average molecular weight is 704 g/mol. The highest BCUT2D eigenvalue weighted by Crippen LogP contribution is 2.35. The average Bonchev–Trinajstić information content (AvgIpc) is 3.74. The van der Waals surface area contributed by atoms with E-state index >= 15 is 0 Å². The Labute approximate surface area is 301 Å². The van der Waals surface area contributed by atoms with Gasteiger partial charge in [0, 0.05) is 68.3 Å². The van der Waals surface area contributed by atoms with Crippen molar-refractivity contribution in [2.24, 2.45) is 0 Å². The first-order chi connectivity index (χ1) is 24.6. The number of anilines is 1. The van der Waals surface area contributed by atoms with Crippen molar-refractivity contribution in [3.8, 4) is 33.3 Å². The summed E-state index contributed by atoms with van der Waals surface area (Å²) in [4.78, 5) is 41.1. The number of nitrogens with zero attached hydrogens (tertiary/aromatic N) is 7. The number of hydrogen-bond acceptors (Lipinski definition) is 10. The second kappa shape index (κ2) is 14.5. The van der Waals surface area contributed by atoms with Gasteiger partial charge in [0.25, 0.3) is 0 Å². The minimum absolute atomic E-state index is 0.126. The van der Waals surface area contributed by atoms with E-state index in [1.54, 1.807) is 28.6 Å². The maximum atomic E-state index is 13.2. The Morgan fingerprint density at radius 2 is 1.67 bits per heavy atom. The van der Waals surface area contributed by atoms with Crippen LogP contribution < -0.4 is 9.64 Å². The summed E-state index contributed by atoms with van der Waals surface area (Å²) in [7, 11) is 0. The molecular formula is C39H41N7O4S. The molecule has 2 saturated heterocycles. The Morgan fingerprint density at radius 3 is 2.37 bits per heavy atom. The van der Waals surface area contributed by atoms with Gasteiger partial charge in [0.2, 0.25) is 5.91 Å². The number of likely N-dealkylation sites (tertiary alicyclic amines) is 1. The van der Waals surface area contributed by atoms with Crippen molar-refractivity contribution in [2.75, 3.05) is 37.6 Å². The SMILES string of the molecule is Cc1nnc(-c2ccc(Oc3cc(-c4cncc(N5CCN(C(=O)OC(C)(C)C)CC5)n4)ccc3CN3C[C@H](c4ccccc4)CC3=O)cc2)s1. The fraction of sp³-hybridized carbons (Fsp3) is 0.333. The van der Waals surface area contributed by atoms with Crippen LogP contribution in [0.15, 0.2) is 85.2 Å². The number of benzene rings is 3. The molecule has 12 heteroatoms. The van der Waals surface area contributed by atoms with Crippen LogP contribution in [-0.2, 0) is 16.1 Å². The molecule has 4 heterocycles. The number of ether oxygens (including phenoxy) is 2. The summed E-state index contributed by atoms with van der Waals surface area (Å²) in [5.41, 5.74) is 4.04. The van der Waals surface area contributed by atoms with Crippen LogP contribution in [0.1, 0.15) is 49.2 Å². The van der Waals surface area contributed by atoms with Crippen molar-refractivity contribution in [2.45, 2.75) is 52.2 Å². The van der Waals surface area contributed by atoms with Gasteiger partial charge in [0.15, 0.2) is 0 Å². The van der Waals surface area contributed by atoms with Crippen molar-refractivity contribution >= 4 is 29.2 Å². The van der Waals surface area contributed by atoms with Gasteiger partial charge in [-0.25, -0.2) is 9.78 Å². The molecular weight excluding hydrogens is 663 g/mol. The second-order valence-corrected chi connectivity index (χ2v) is 15.1. The zero-order valence-electron chi connectivity index (χ0n) is 29.3. The first kappa shape index (κ1) is 34.1. The monoisotopic (exact) mass is 703 g/mol. The summed E-state index contributed by atoms with van der Waals surface area (Å²) in [6, 6.07) is 24.0. The van der Waals surface area contributed by atoms with Crippen molar-refractivity contribution in [1.29, 1.82) is 0 Å². The van der Waals surface area contributed by atoms with Gasteiger partial charge >= 0.3 is 6.09 Å². The highest BCUT2D eigenvalue weighted by atomic mass is 32.1. The zero-order chi connectivity index (χ0) is 35.5. The number of aryl methyl sites for hydroxylation is 1. The van der Waals surface area contributed by atoms with Gasteiger partial charge < -0.3 is 24.2 Å². The Morgan fingerprint density at radius 1 is 0.922 bits per heavy atom. The highest BCUT2D eigenvalue weighted by molar-refractivity contribution is 7.14. The predicted molar refractivity (Wildman–Crippen MR) is 197 cm³/mol. The first-order valence-electron chi connectivity index (χ1n) is 17.2. The number of hydrogen-bond donors (Lipinski definition) is 0. The van der Waals surface area contributed by atoms with Gasteiger partial charge in [-0.05, 0) is 63.6 Å². The van der Waals surface area contributed by atoms with Crippen molar-refractivity contribution in [1.82, 2.24) is 30.0 Å². The molecule has 2 amide bonds. The lowest BCUT2D eigenvalue weighted by Gasteiger charge is -2.36. The summed E-state index contributed by atoms with van der Waals surface area (Å²) < 4.78 is 12.1. The second-order valence-electron chi connectivity index (χ2n) is 13.9. The van der Waals surface area contributed by atoms with E-state index < -0.39 is 5.60 Å². The topological polar surface area (TPSA) is 114 Å². The Kier molecular flexibility index (Phi) is 9.68. The molecule has 7 rings (SSSR count). The largest absolute Gasteiger partial charge is 0.457 e. The van der Waals surface area contributed by atoms with Gasteiger partial charge in [-0.1, -0.05) is 53.8 Å². The van der Waals surface area contributed by atoms with Crippen LogP contribution in [0.25, 0.3) is 21.8 Å². The van der Waals surface area contributed by atoms with Crippen LogP contribution in [0.5, 0.6) is 11.5 Å². The molecule has 2 aromatic heterocycles.